The van der Waals surface area contributed by atoms with Crippen LogP contribution in [0.2, 0.25) is 0 Å². The molecule has 4 N–H and O–H groups in total. The third-order valence-electron chi connectivity index (χ3n) is 4.34. The number of H-pyrrole nitrogens is 1. The molecule has 0 bridgehead atoms. The number of rotatable bonds is 7. The smallest absolute Gasteiger partial charge is 0.251 e. The van der Waals surface area contributed by atoms with E-state index in [0.717, 1.165) is 17.5 Å². The van der Waals surface area contributed by atoms with Gasteiger partial charge in [-0.25, -0.2) is 5.48 Å². The van der Waals surface area contributed by atoms with Crippen LogP contribution >= 0.6 is 0 Å². The van der Waals surface area contributed by atoms with Crippen molar-refractivity contribution >= 4 is 22.7 Å². The Hall–Kier alpha value is -3.12. The lowest BCUT2D eigenvalue weighted by Crippen LogP contribution is -2.25. The van der Waals surface area contributed by atoms with Crippen LogP contribution in [0.25, 0.3) is 10.9 Å². The molecule has 2 amide bonds. The van der Waals surface area contributed by atoms with Crippen molar-refractivity contribution in [3.8, 4) is 0 Å². The van der Waals surface area contributed by atoms with Gasteiger partial charge in [0, 0.05) is 35.6 Å². The third kappa shape index (κ3) is 4.29. The van der Waals surface area contributed by atoms with Gasteiger partial charge < -0.3 is 10.3 Å². The fourth-order valence-corrected chi connectivity index (χ4v) is 2.89. The first kappa shape index (κ1) is 17.7. The molecule has 1 heterocycles. The molecule has 0 fully saturated rings. The highest BCUT2D eigenvalue weighted by Gasteiger charge is 2.07. The monoisotopic (exact) mass is 351 g/mol. The molecule has 0 aliphatic heterocycles. The van der Waals surface area contributed by atoms with Crippen LogP contribution in [0.3, 0.4) is 0 Å². The summed E-state index contributed by atoms with van der Waals surface area (Å²) in [6.45, 7) is 0.555. The molecule has 3 aromatic rings. The van der Waals surface area contributed by atoms with E-state index in [1.807, 2.05) is 36.5 Å². The standard InChI is InChI=1S/C20H21N3O3/c24-19(23-26)10-7-14-5-8-15(9-6-14)20(25)21-12-11-16-13-22-18-4-2-1-3-17(16)18/h1-6,8-9,13,22,26H,7,10-12H2,(H,21,25)(H,23,24). The minimum Gasteiger partial charge on any atom is -0.361 e. The lowest BCUT2D eigenvalue weighted by molar-refractivity contribution is -0.129. The summed E-state index contributed by atoms with van der Waals surface area (Å²) in [6.07, 6.45) is 3.44. The highest BCUT2D eigenvalue weighted by atomic mass is 16.5. The number of carbonyl (C=O) groups excluding carboxylic acids is 2. The van der Waals surface area contributed by atoms with Gasteiger partial charge in [0.15, 0.2) is 0 Å². The van der Waals surface area contributed by atoms with Crippen LogP contribution in [-0.2, 0) is 17.6 Å². The zero-order chi connectivity index (χ0) is 18.4. The topological polar surface area (TPSA) is 94.2 Å². The maximum absolute atomic E-state index is 12.2. The second-order valence-corrected chi connectivity index (χ2v) is 6.10. The average molecular weight is 351 g/mol. The predicted octanol–water partition coefficient (Wildman–Crippen LogP) is 2.58. The number of carbonyl (C=O) groups is 2. The van der Waals surface area contributed by atoms with Gasteiger partial charge in [0.2, 0.25) is 5.91 Å². The lowest BCUT2D eigenvalue weighted by atomic mass is 10.1. The number of hydroxylamine groups is 1. The Labute approximate surface area is 151 Å². The number of benzene rings is 2. The second-order valence-electron chi connectivity index (χ2n) is 6.10. The molecule has 0 aliphatic rings. The molecular formula is C20H21N3O3. The van der Waals surface area contributed by atoms with Gasteiger partial charge in [0.25, 0.3) is 5.91 Å². The molecule has 0 radical (unpaired) electrons. The van der Waals surface area contributed by atoms with Crippen molar-refractivity contribution in [3.63, 3.8) is 0 Å². The minimum absolute atomic E-state index is 0.121. The molecule has 26 heavy (non-hydrogen) atoms. The Morgan fingerprint density at radius 1 is 1.00 bits per heavy atom. The Bertz CT molecular complexity index is 900. The van der Waals surface area contributed by atoms with Gasteiger partial charge in [-0.2, -0.15) is 0 Å². The predicted molar refractivity (Wildman–Crippen MR) is 99.0 cm³/mol. The first-order chi connectivity index (χ1) is 12.7. The second kappa shape index (κ2) is 8.31. The average Bonchev–Trinajstić information content (AvgIpc) is 3.09. The van der Waals surface area contributed by atoms with E-state index in [1.165, 1.54) is 10.9 Å². The van der Waals surface area contributed by atoms with Crippen molar-refractivity contribution in [2.75, 3.05) is 6.54 Å². The van der Waals surface area contributed by atoms with E-state index < -0.39 is 5.91 Å². The van der Waals surface area contributed by atoms with Crippen LogP contribution in [0.4, 0.5) is 0 Å². The van der Waals surface area contributed by atoms with Crippen molar-refractivity contribution in [2.24, 2.45) is 0 Å². The van der Waals surface area contributed by atoms with Gasteiger partial charge in [-0.05, 0) is 42.2 Å². The number of aromatic nitrogens is 1. The normalized spacial score (nSPS) is 10.7. The van der Waals surface area contributed by atoms with Crippen molar-refractivity contribution in [2.45, 2.75) is 19.3 Å². The van der Waals surface area contributed by atoms with Gasteiger partial charge >= 0.3 is 0 Å². The maximum Gasteiger partial charge on any atom is 0.251 e. The van der Waals surface area contributed by atoms with Gasteiger partial charge in [0.05, 0.1) is 0 Å². The zero-order valence-corrected chi connectivity index (χ0v) is 14.3. The van der Waals surface area contributed by atoms with Crippen molar-refractivity contribution in [1.82, 2.24) is 15.8 Å². The van der Waals surface area contributed by atoms with E-state index in [-0.39, 0.29) is 12.3 Å². The summed E-state index contributed by atoms with van der Waals surface area (Å²) < 4.78 is 0. The van der Waals surface area contributed by atoms with Gasteiger partial charge in [-0.1, -0.05) is 30.3 Å². The van der Waals surface area contributed by atoms with E-state index in [0.29, 0.717) is 18.5 Å². The summed E-state index contributed by atoms with van der Waals surface area (Å²) in [5.74, 6) is -0.548. The minimum atomic E-state index is -0.427. The first-order valence-electron chi connectivity index (χ1n) is 8.52. The molecule has 2 aromatic carbocycles. The number of aryl methyl sites for hydroxylation is 1. The van der Waals surface area contributed by atoms with E-state index in [9.17, 15) is 9.59 Å². The Kier molecular flexibility index (Phi) is 5.66. The highest BCUT2D eigenvalue weighted by molar-refractivity contribution is 5.94. The quantitative estimate of drug-likeness (QED) is 0.389. The summed E-state index contributed by atoms with van der Waals surface area (Å²) in [4.78, 5) is 26.5. The van der Waals surface area contributed by atoms with Crippen LogP contribution in [-0.4, -0.2) is 28.6 Å². The molecule has 0 saturated carbocycles. The zero-order valence-electron chi connectivity index (χ0n) is 14.3. The Morgan fingerprint density at radius 3 is 2.54 bits per heavy atom. The maximum atomic E-state index is 12.2. The molecule has 0 atom stereocenters. The molecule has 0 unspecified atom stereocenters. The van der Waals surface area contributed by atoms with Crippen molar-refractivity contribution < 1.29 is 14.8 Å². The van der Waals surface area contributed by atoms with Crippen molar-refractivity contribution in [1.29, 1.82) is 0 Å². The number of hydrogen-bond donors (Lipinski definition) is 4. The molecule has 6 nitrogen and oxygen atoms in total. The summed E-state index contributed by atoms with van der Waals surface area (Å²) in [7, 11) is 0. The number of nitrogens with one attached hydrogen (secondary N) is 3. The third-order valence-corrected chi connectivity index (χ3v) is 4.34. The van der Waals surface area contributed by atoms with Gasteiger partial charge in [-0.15, -0.1) is 0 Å². The summed E-state index contributed by atoms with van der Waals surface area (Å²) in [6, 6.07) is 15.2. The van der Waals surface area contributed by atoms with E-state index in [4.69, 9.17) is 5.21 Å². The highest BCUT2D eigenvalue weighted by Crippen LogP contribution is 2.17. The fourth-order valence-electron chi connectivity index (χ4n) is 2.89. The van der Waals surface area contributed by atoms with E-state index in [1.54, 1.807) is 17.6 Å². The molecular weight excluding hydrogens is 330 g/mol. The summed E-state index contributed by atoms with van der Waals surface area (Å²) in [5, 5.41) is 12.6. The van der Waals surface area contributed by atoms with E-state index in [2.05, 4.69) is 16.4 Å². The first-order valence-corrected chi connectivity index (χ1v) is 8.52. The summed E-state index contributed by atoms with van der Waals surface area (Å²) >= 11 is 0. The summed E-state index contributed by atoms with van der Waals surface area (Å²) in [5.41, 5.74) is 5.40. The number of amides is 2. The van der Waals surface area contributed by atoms with Crippen LogP contribution in [0.5, 0.6) is 0 Å². The molecule has 0 saturated heterocycles. The van der Waals surface area contributed by atoms with Crippen LogP contribution in [0.1, 0.15) is 27.9 Å². The Morgan fingerprint density at radius 2 is 1.77 bits per heavy atom. The largest absolute Gasteiger partial charge is 0.361 e. The van der Waals surface area contributed by atoms with Crippen molar-refractivity contribution in [3.05, 3.63) is 71.4 Å². The lowest BCUT2D eigenvalue weighted by Gasteiger charge is -2.06. The number of para-hydroxylation sites is 1. The van der Waals surface area contributed by atoms with Crippen LogP contribution in [0, 0.1) is 0 Å². The van der Waals surface area contributed by atoms with Crippen LogP contribution in [0.15, 0.2) is 54.7 Å². The molecule has 0 spiro atoms. The molecule has 134 valence electrons. The molecule has 3 rings (SSSR count). The number of aromatic amines is 1. The van der Waals surface area contributed by atoms with Crippen LogP contribution < -0.4 is 10.8 Å². The Balaban J connectivity index is 1.51. The van der Waals surface area contributed by atoms with Gasteiger partial charge in [0.1, 0.15) is 0 Å². The van der Waals surface area contributed by atoms with E-state index >= 15 is 0 Å². The molecule has 1 aromatic heterocycles. The molecule has 0 aliphatic carbocycles. The molecule has 6 heteroatoms. The van der Waals surface area contributed by atoms with Gasteiger partial charge in [-0.3, -0.25) is 14.8 Å². The number of fused-ring (bicyclic) bond motifs is 1. The fraction of sp³-hybridized carbons (Fsp3) is 0.200. The number of hydrogen-bond acceptors (Lipinski definition) is 3. The SMILES string of the molecule is O=C(CCc1ccc(C(=O)NCCc2c[nH]c3ccccc23)cc1)NO.